The van der Waals surface area contributed by atoms with E-state index < -0.39 is 0 Å². The first-order valence-corrected chi connectivity index (χ1v) is 10.3. The zero-order valence-corrected chi connectivity index (χ0v) is 15.5. The number of halogens is 1. The zero-order chi connectivity index (χ0) is 16.0. The molecule has 4 rings (SSSR count). The number of benzene rings is 1. The molecule has 0 unspecified atom stereocenters. The highest BCUT2D eigenvalue weighted by Crippen LogP contribution is 2.60. The van der Waals surface area contributed by atoms with Crippen LogP contribution in [-0.4, -0.2) is 23.1 Å². The van der Waals surface area contributed by atoms with Crippen molar-refractivity contribution in [2.45, 2.75) is 57.5 Å². The molecule has 0 saturated heterocycles. The Morgan fingerprint density at radius 1 is 1.26 bits per heavy atom. The molecule has 1 N–H and O–H groups in total. The van der Waals surface area contributed by atoms with Crippen molar-refractivity contribution < 1.29 is 9.84 Å². The van der Waals surface area contributed by atoms with Crippen molar-refractivity contribution in [2.75, 3.05) is 11.9 Å². The zero-order valence-electron chi connectivity index (χ0n) is 13.9. The summed E-state index contributed by atoms with van der Waals surface area (Å²) < 4.78 is 5.78. The van der Waals surface area contributed by atoms with Crippen molar-refractivity contribution >= 4 is 15.9 Å². The largest absolute Gasteiger partial charge is 0.493 e. The fraction of sp³-hybridized carbons (Fsp3) is 0.700. The van der Waals surface area contributed by atoms with Crippen LogP contribution in [0.15, 0.2) is 18.2 Å². The smallest absolute Gasteiger partial charge is 0.119 e. The maximum atomic E-state index is 10.5. The van der Waals surface area contributed by atoms with Gasteiger partial charge in [0.1, 0.15) is 5.75 Å². The van der Waals surface area contributed by atoms with E-state index in [-0.39, 0.29) is 11.5 Å². The number of aliphatic hydroxyl groups is 1. The maximum Gasteiger partial charge on any atom is 0.119 e. The Morgan fingerprint density at radius 2 is 2.13 bits per heavy atom. The van der Waals surface area contributed by atoms with Gasteiger partial charge in [-0.15, -0.1) is 0 Å². The summed E-state index contributed by atoms with van der Waals surface area (Å²) in [5.41, 5.74) is 3.24. The number of aliphatic hydroxyl groups excluding tert-OH is 1. The van der Waals surface area contributed by atoms with Gasteiger partial charge in [0.2, 0.25) is 0 Å². The summed E-state index contributed by atoms with van der Waals surface area (Å²) in [6, 6.07) is 6.75. The van der Waals surface area contributed by atoms with E-state index in [0.29, 0.717) is 11.8 Å². The van der Waals surface area contributed by atoms with Gasteiger partial charge in [0.15, 0.2) is 0 Å². The number of ether oxygens (including phenoxy) is 1. The van der Waals surface area contributed by atoms with Crippen molar-refractivity contribution in [2.24, 2.45) is 17.3 Å². The number of rotatable bonds is 3. The van der Waals surface area contributed by atoms with Crippen LogP contribution in [0.1, 0.15) is 56.1 Å². The normalized spacial score (nSPS) is 38.6. The number of alkyl halides is 1. The number of hydrogen-bond acceptors (Lipinski definition) is 2. The molecule has 3 aliphatic carbocycles. The lowest BCUT2D eigenvalue weighted by Crippen LogP contribution is -2.43. The second kappa shape index (κ2) is 6.07. The maximum absolute atomic E-state index is 10.5. The molecule has 2 saturated carbocycles. The quantitative estimate of drug-likeness (QED) is 0.773. The fourth-order valence-electron chi connectivity index (χ4n) is 5.78. The Hall–Kier alpha value is -0.540. The van der Waals surface area contributed by atoms with Crippen LogP contribution >= 0.6 is 15.9 Å². The van der Waals surface area contributed by atoms with Gasteiger partial charge in [-0.3, -0.25) is 0 Å². The Bertz CT molecular complexity index is 587. The molecule has 2 nitrogen and oxygen atoms in total. The summed E-state index contributed by atoms with van der Waals surface area (Å²) in [5.74, 6) is 3.20. The van der Waals surface area contributed by atoms with Crippen molar-refractivity contribution in [3.8, 4) is 5.75 Å². The minimum atomic E-state index is -0.0742. The molecule has 2 fully saturated rings. The summed E-state index contributed by atoms with van der Waals surface area (Å²) in [6.45, 7) is 3.07. The number of fused-ring (bicyclic) bond motifs is 5. The van der Waals surface area contributed by atoms with E-state index in [9.17, 15) is 5.11 Å². The Morgan fingerprint density at radius 3 is 2.96 bits per heavy atom. The van der Waals surface area contributed by atoms with Crippen LogP contribution in [0.3, 0.4) is 0 Å². The molecular weight excluding hydrogens is 352 g/mol. The molecule has 0 bridgehead atoms. The molecule has 3 aliphatic rings. The predicted octanol–water partition coefficient (Wildman–Crippen LogP) is 4.68. The third-order valence-electron chi connectivity index (χ3n) is 6.99. The molecule has 3 heteroatoms. The first-order chi connectivity index (χ1) is 11.1. The van der Waals surface area contributed by atoms with Gasteiger partial charge in [0, 0.05) is 5.33 Å². The Kier molecular flexibility index (Phi) is 4.21. The van der Waals surface area contributed by atoms with E-state index in [1.165, 1.54) is 37.7 Å². The standard InChI is InChI=1S/C20H27BrO2/c1-20-9-8-16-15-5-3-14(23-11-10-21)12-13(15)2-4-17(16)18(20)6-7-19(20)22/h3,5,12,16-19,22H,2,4,6-11H2,1H3/t16-,17-,18+,19+,20+/m1/s1. The monoisotopic (exact) mass is 378 g/mol. The van der Waals surface area contributed by atoms with E-state index in [1.807, 2.05) is 0 Å². The highest BCUT2D eigenvalue weighted by Gasteiger charge is 2.54. The van der Waals surface area contributed by atoms with Crippen LogP contribution < -0.4 is 4.74 Å². The molecule has 1 aromatic rings. The summed E-state index contributed by atoms with van der Waals surface area (Å²) in [4.78, 5) is 0. The van der Waals surface area contributed by atoms with Crippen molar-refractivity contribution in [3.05, 3.63) is 29.3 Å². The Labute approximate surface area is 147 Å². The average Bonchev–Trinajstić information content (AvgIpc) is 2.88. The van der Waals surface area contributed by atoms with E-state index in [0.717, 1.165) is 30.0 Å². The van der Waals surface area contributed by atoms with Crippen LogP contribution in [0, 0.1) is 17.3 Å². The second-order valence-electron chi connectivity index (χ2n) is 7.95. The van der Waals surface area contributed by atoms with Gasteiger partial charge in [-0.1, -0.05) is 28.9 Å². The topological polar surface area (TPSA) is 29.5 Å². The third kappa shape index (κ3) is 2.55. The SMILES string of the molecule is C[C@]12CC[C@@H]3c4ccc(OCCBr)cc4CC[C@H]3[C@@H]1CC[C@@H]2O. The molecule has 0 radical (unpaired) electrons. The first kappa shape index (κ1) is 16.0. The van der Waals surface area contributed by atoms with E-state index >= 15 is 0 Å². The summed E-state index contributed by atoms with van der Waals surface area (Å²) in [5, 5.41) is 11.3. The Balaban J connectivity index is 1.60. The molecule has 23 heavy (non-hydrogen) atoms. The molecule has 0 heterocycles. The first-order valence-electron chi connectivity index (χ1n) is 9.13. The predicted molar refractivity (Wildman–Crippen MR) is 96.4 cm³/mol. The number of hydrogen-bond donors (Lipinski definition) is 1. The highest BCUT2D eigenvalue weighted by atomic mass is 79.9. The molecule has 0 amide bonds. The van der Waals surface area contributed by atoms with Gasteiger partial charge >= 0.3 is 0 Å². The molecule has 0 spiro atoms. The van der Waals surface area contributed by atoms with Gasteiger partial charge in [-0.05, 0) is 85.0 Å². The van der Waals surface area contributed by atoms with Crippen LogP contribution in [0.5, 0.6) is 5.75 Å². The third-order valence-corrected chi connectivity index (χ3v) is 7.32. The van der Waals surface area contributed by atoms with Gasteiger partial charge < -0.3 is 9.84 Å². The van der Waals surface area contributed by atoms with Crippen LogP contribution in [0.2, 0.25) is 0 Å². The lowest BCUT2D eigenvalue weighted by atomic mass is 9.55. The average molecular weight is 379 g/mol. The second-order valence-corrected chi connectivity index (χ2v) is 8.74. The molecular formula is C20H27BrO2. The van der Waals surface area contributed by atoms with Crippen molar-refractivity contribution in [1.82, 2.24) is 0 Å². The van der Waals surface area contributed by atoms with Crippen LogP contribution in [-0.2, 0) is 6.42 Å². The van der Waals surface area contributed by atoms with Crippen molar-refractivity contribution in [1.29, 1.82) is 0 Å². The van der Waals surface area contributed by atoms with Crippen LogP contribution in [0.4, 0.5) is 0 Å². The highest BCUT2D eigenvalue weighted by molar-refractivity contribution is 9.09. The van der Waals surface area contributed by atoms with Crippen LogP contribution in [0.25, 0.3) is 0 Å². The lowest BCUT2D eigenvalue weighted by molar-refractivity contribution is -0.0226. The minimum absolute atomic E-state index is 0.0742. The van der Waals surface area contributed by atoms with Crippen molar-refractivity contribution in [3.63, 3.8) is 0 Å². The summed E-state index contributed by atoms with van der Waals surface area (Å²) in [7, 11) is 0. The van der Waals surface area contributed by atoms with E-state index in [2.05, 4.69) is 41.1 Å². The molecule has 126 valence electrons. The minimum Gasteiger partial charge on any atom is -0.493 e. The van der Waals surface area contributed by atoms with E-state index in [1.54, 1.807) is 5.56 Å². The lowest BCUT2D eigenvalue weighted by Gasteiger charge is -2.50. The molecule has 5 atom stereocenters. The number of aryl methyl sites for hydroxylation is 1. The summed E-state index contributed by atoms with van der Waals surface area (Å²) in [6.07, 6.45) is 7.04. The van der Waals surface area contributed by atoms with Gasteiger partial charge in [-0.2, -0.15) is 0 Å². The van der Waals surface area contributed by atoms with Gasteiger partial charge in [0.25, 0.3) is 0 Å². The molecule has 0 aliphatic heterocycles. The van der Waals surface area contributed by atoms with E-state index in [4.69, 9.17) is 4.74 Å². The summed E-state index contributed by atoms with van der Waals surface area (Å²) >= 11 is 3.42. The molecule has 0 aromatic heterocycles. The van der Waals surface area contributed by atoms with Gasteiger partial charge in [0.05, 0.1) is 12.7 Å². The fourth-order valence-corrected chi connectivity index (χ4v) is 5.94. The van der Waals surface area contributed by atoms with Gasteiger partial charge in [-0.25, -0.2) is 0 Å². The molecule has 1 aromatic carbocycles.